The van der Waals surface area contributed by atoms with Crippen molar-refractivity contribution in [1.29, 1.82) is 0 Å². The third-order valence-electron chi connectivity index (χ3n) is 2.55. The molecule has 0 aliphatic rings. The van der Waals surface area contributed by atoms with Gasteiger partial charge in [-0.3, -0.25) is 4.98 Å². The van der Waals surface area contributed by atoms with Gasteiger partial charge >= 0.3 is 0 Å². The van der Waals surface area contributed by atoms with Gasteiger partial charge in [0.15, 0.2) is 0 Å². The third-order valence-corrected chi connectivity index (χ3v) is 2.55. The SMILES string of the molecule is Cc1cccc(/C(Cc2ccccn2)=N/O)c1. The van der Waals surface area contributed by atoms with Gasteiger partial charge in [-0.2, -0.15) is 0 Å². The van der Waals surface area contributed by atoms with E-state index in [0.717, 1.165) is 16.8 Å². The van der Waals surface area contributed by atoms with E-state index in [1.165, 1.54) is 0 Å². The first kappa shape index (κ1) is 11.3. The van der Waals surface area contributed by atoms with Crippen molar-refractivity contribution in [1.82, 2.24) is 4.98 Å². The average Bonchev–Trinajstić information content (AvgIpc) is 2.37. The van der Waals surface area contributed by atoms with Gasteiger partial charge in [0.25, 0.3) is 0 Å². The Bertz CT molecular complexity index is 521. The maximum Gasteiger partial charge on any atom is 0.0927 e. The summed E-state index contributed by atoms with van der Waals surface area (Å²) in [5.41, 5.74) is 3.59. The first-order chi connectivity index (χ1) is 8.29. The average molecular weight is 226 g/mol. The molecule has 0 unspecified atom stereocenters. The van der Waals surface area contributed by atoms with E-state index in [4.69, 9.17) is 5.21 Å². The maximum absolute atomic E-state index is 9.09. The molecule has 0 atom stereocenters. The number of nitrogens with zero attached hydrogens (tertiary/aromatic N) is 2. The van der Waals surface area contributed by atoms with E-state index in [1.54, 1.807) is 6.20 Å². The van der Waals surface area contributed by atoms with Crippen LogP contribution in [-0.4, -0.2) is 15.9 Å². The van der Waals surface area contributed by atoms with Gasteiger partial charge in [-0.1, -0.05) is 41.1 Å². The van der Waals surface area contributed by atoms with Gasteiger partial charge in [0.2, 0.25) is 0 Å². The smallest absolute Gasteiger partial charge is 0.0927 e. The quantitative estimate of drug-likeness (QED) is 0.497. The second kappa shape index (κ2) is 5.25. The Labute approximate surface area is 100 Å². The molecule has 0 fully saturated rings. The highest BCUT2D eigenvalue weighted by Gasteiger charge is 2.06. The number of hydrogen-bond acceptors (Lipinski definition) is 3. The van der Waals surface area contributed by atoms with E-state index < -0.39 is 0 Å². The fraction of sp³-hybridized carbons (Fsp3) is 0.143. The Balaban J connectivity index is 2.24. The number of rotatable bonds is 3. The van der Waals surface area contributed by atoms with E-state index in [2.05, 4.69) is 10.1 Å². The molecule has 2 aromatic rings. The summed E-state index contributed by atoms with van der Waals surface area (Å²) in [4.78, 5) is 4.22. The molecule has 1 heterocycles. The Kier molecular flexibility index (Phi) is 3.50. The third kappa shape index (κ3) is 2.91. The zero-order chi connectivity index (χ0) is 12.1. The summed E-state index contributed by atoms with van der Waals surface area (Å²) in [7, 11) is 0. The first-order valence-electron chi connectivity index (χ1n) is 5.47. The van der Waals surface area contributed by atoms with Crippen molar-refractivity contribution in [3.05, 3.63) is 65.5 Å². The normalized spacial score (nSPS) is 11.5. The van der Waals surface area contributed by atoms with Crippen LogP contribution in [0, 0.1) is 6.92 Å². The summed E-state index contributed by atoms with van der Waals surface area (Å²) in [5.74, 6) is 0. The van der Waals surface area contributed by atoms with Crippen molar-refractivity contribution < 1.29 is 5.21 Å². The fourth-order valence-electron chi connectivity index (χ4n) is 1.69. The van der Waals surface area contributed by atoms with Gasteiger partial charge in [0.05, 0.1) is 5.71 Å². The van der Waals surface area contributed by atoms with Crippen LogP contribution in [0.2, 0.25) is 0 Å². The van der Waals surface area contributed by atoms with E-state index in [-0.39, 0.29) is 0 Å². The van der Waals surface area contributed by atoms with Gasteiger partial charge in [-0.15, -0.1) is 0 Å². The monoisotopic (exact) mass is 226 g/mol. The van der Waals surface area contributed by atoms with E-state index in [0.29, 0.717) is 12.1 Å². The number of aryl methyl sites for hydroxylation is 1. The number of aromatic nitrogens is 1. The summed E-state index contributed by atoms with van der Waals surface area (Å²) < 4.78 is 0. The minimum absolute atomic E-state index is 0.529. The summed E-state index contributed by atoms with van der Waals surface area (Å²) in [6, 6.07) is 13.6. The largest absolute Gasteiger partial charge is 0.411 e. The predicted octanol–water partition coefficient (Wildman–Crippen LogP) is 2.81. The van der Waals surface area contributed by atoms with Crippen molar-refractivity contribution in [2.75, 3.05) is 0 Å². The molecule has 3 heteroatoms. The molecule has 0 saturated carbocycles. The van der Waals surface area contributed by atoms with Crippen molar-refractivity contribution in [3.8, 4) is 0 Å². The summed E-state index contributed by atoms with van der Waals surface area (Å²) >= 11 is 0. The molecular formula is C14H14N2O. The number of oxime groups is 1. The van der Waals surface area contributed by atoms with E-state index in [1.807, 2.05) is 49.4 Å². The second-order valence-electron chi connectivity index (χ2n) is 3.91. The number of benzene rings is 1. The maximum atomic E-state index is 9.09. The zero-order valence-corrected chi connectivity index (χ0v) is 9.67. The Morgan fingerprint density at radius 1 is 1.24 bits per heavy atom. The van der Waals surface area contributed by atoms with Gasteiger partial charge in [-0.05, 0) is 24.6 Å². The second-order valence-corrected chi connectivity index (χ2v) is 3.91. The van der Waals surface area contributed by atoms with Crippen LogP contribution >= 0.6 is 0 Å². The Morgan fingerprint density at radius 2 is 2.12 bits per heavy atom. The molecule has 1 N–H and O–H groups in total. The van der Waals surface area contributed by atoms with Gasteiger partial charge in [0, 0.05) is 18.3 Å². The lowest BCUT2D eigenvalue weighted by Gasteiger charge is -2.05. The Morgan fingerprint density at radius 3 is 2.76 bits per heavy atom. The van der Waals surface area contributed by atoms with Crippen LogP contribution in [0.1, 0.15) is 16.8 Å². The molecular weight excluding hydrogens is 212 g/mol. The van der Waals surface area contributed by atoms with Crippen LogP contribution in [-0.2, 0) is 6.42 Å². The molecule has 0 bridgehead atoms. The van der Waals surface area contributed by atoms with Gasteiger partial charge < -0.3 is 5.21 Å². The van der Waals surface area contributed by atoms with Crippen molar-refractivity contribution >= 4 is 5.71 Å². The molecule has 3 nitrogen and oxygen atoms in total. The van der Waals surface area contributed by atoms with Crippen molar-refractivity contribution in [3.63, 3.8) is 0 Å². The van der Waals surface area contributed by atoms with Gasteiger partial charge in [0.1, 0.15) is 0 Å². The molecule has 0 radical (unpaired) electrons. The first-order valence-corrected chi connectivity index (χ1v) is 5.47. The highest BCUT2D eigenvalue weighted by atomic mass is 16.4. The molecule has 0 spiro atoms. The molecule has 0 saturated heterocycles. The molecule has 0 aliphatic heterocycles. The molecule has 0 amide bonds. The minimum Gasteiger partial charge on any atom is -0.411 e. The van der Waals surface area contributed by atoms with E-state index in [9.17, 15) is 0 Å². The molecule has 0 aliphatic carbocycles. The predicted molar refractivity (Wildman–Crippen MR) is 67.4 cm³/mol. The number of pyridine rings is 1. The lowest BCUT2D eigenvalue weighted by atomic mass is 10.0. The summed E-state index contributed by atoms with van der Waals surface area (Å²) in [6.45, 7) is 2.01. The lowest BCUT2D eigenvalue weighted by Crippen LogP contribution is -2.06. The molecule has 1 aromatic carbocycles. The van der Waals surface area contributed by atoms with Gasteiger partial charge in [-0.25, -0.2) is 0 Å². The highest BCUT2D eigenvalue weighted by Crippen LogP contribution is 2.09. The highest BCUT2D eigenvalue weighted by molar-refractivity contribution is 6.01. The van der Waals surface area contributed by atoms with Crippen LogP contribution in [0.25, 0.3) is 0 Å². The zero-order valence-electron chi connectivity index (χ0n) is 9.67. The van der Waals surface area contributed by atoms with Crippen molar-refractivity contribution in [2.45, 2.75) is 13.3 Å². The van der Waals surface area contributed by atoms with E-state index >= 15 is 0 Å². The summed E-state index contributed by atoms with van der Waals surface area (Å²) in [5, 5.41) is 12.5. The van der Waals surface area contributed by atoms with Crippen LogP contribution in [0.5, 0.6) is 0 Å². The van der Waals surface area contributed by atoms with Crippen LogP contribution < -0.4 is 0 Å². The van der Waals surface area contributed by atoms with Crippen LogP contribution in [0.15, 0.2) is 53.8 Å². The molecule has 86 valence electrons. The standard InChI is InChI=1S/C14H14N2O/c1-11-5-4-6-12(9-11)14(16-17)10-13-7-2-3-8-15-13/h2-9,17H,10H2,1H3/b16-14+. The topological polar surface area (TPSA) is 45.5 Å². The van der Waals surface area contributed by atoms with Crippen LogP contribution in [0.4, 0.5) is 0 Å². The number of hydrogen-bond donors (Lipinski definition) is 1. The molecule has 17 heavy (non-hydrogen) atoms. The fourth-order valence-corrected chi connectivity index (χ4v) is 1.69. The summed E-state index contributed by atoms with van der Waals surface area (Å²) in [6.07, 6.45) is 2.27. The molecule has 2 rings (SSSR count). The minimum atomic E-state index is 0.529. The van der Waals surface area contributed by atoms with Crippen molar-refractivity contribution in [2.24, 2.45) is 5.16 Å². The molecule has 1 aromatic heterocycles. The lowest BCUT2D eigenvalue weighted by molar-refractivity contribution is 0.318. The Hall–Kier alpha value is -2.16. The van der Waals surface area contributed by atoms with Crippen LogP contribution in [0.3, 0.4) is 0 Å².